The van der Waals surface area contributed by atoms with Gasteiger partial charge in [0.05, 0.1) is 13.2 Å². The van der Waals surface area contributed by atoms with Crippen LogP contribution in [0.4, 0.5) is 0 Å². The number of carbonyl (C=O) groups is 1. The second-order valence-electron chi connectivity index (χ2n) is 3.40. The Morgan fingerprint density at radius 1 is 1.40 bits per heavy atom. The van der Waals surface area contributed by atoms with Gasteiger partial charge in [-0.05, 0) is 35.9 Å². The third kappa shape index (κ3) is 2.70. The van der Waals surface area contributed by atoms with Gasteiger partial charge in [0.1, 0.15) is 11.9 Å². The fraction of sp³-hybridized carbons (Fsp3) is 0.364. The molecule has 1 atom stereocenters. The first-order chi connectivity index (χ1) is 7.25. The van der Waals surface area contributed by atoms with Gasteiger partial charge < -0.3 is 9.47 Å². The summed E-state index contributed by atoms with van der Waals surface area (Å²) in [6.45, 7) is 1.39. The van der Waals surface area contributed by atoms with Gasteiger partial charge in [-0.15, -0.1) is 0 Å². The van der Waals surface area contributed by atoms with Gasteiger partial charge in [0, 0.05) is 12.0 Å². The molecule has 1 aliphatic rings. The quantitative estimate of drug-likeness (QED) is 0.742. The zero-order chi connectivity index (χ0) is 10.7. The van der Waals surface area contributed by atoms with Crippen LogP contribution in [0.5, 0.6) is 5.75 Å². The van der Waals surface area contributed by atoms with Crippen LogP contribution in [-0.2, 0) is 4.74 Å². The Hall–Kier alpha value is -1.06. The van der Waals surface area contributed by atoms with Crippen LogP contribution in [0, 0.1) is 0 Å². The summed E-state index contributed by atoms with van der Waals surface area (Å²) in [4.78, 5) is 10.8. The molecule has 3 nitrogen and oxygen atoms in total. The Bertz CT molecular complexity index is 341. The zero-order valence-corrected chi connectivity index (χ0v) is 8.87. The van der Waals surface area contributed by atoms with Crippen LogP contribution in [0.2, 0.25) is 0 Å². The van der Waals surface area contributed by atoms with Crippen molar-refractivity contribution in [2.24, 2.45) is 0 Å². The van der Waals surface area contributed by atoms with Crippen molar-refractivity contribution in [3.63, 3.8) is 0 Å². The molecule has 2 rings (SSSR count). The third-order valence-corrected chi connectivity index (χ3v) is 2.49. The highest BCUT2D eigenvalue weighted by atomic mass is 35.5. The molecular formula is C11H11ClO3. The first kappa shape index (κ1) is 10.5. The van der Waals surface area contributed by atoms with Crippen molar-refractivity contribution >= 4 is 16.8 Å². The lowest BCUT2D eigenvalue weighted by atomic mass is 10.2. The minimum atomic E-state index is -0.453. The molecule has 1 aromatic rings. The number of hydrogen-bond donors (Lipinski definition) is 0. The minimum Gasteiger partial charge on any atom is -0.488 e. The molecule has 0 bridgehead atoms. The SMILES string of the molecule is O=C(Cl)c1ccc(OC2CCOC2)cc1. The van der Waals surface area contributed by atoms with E-state index in [1.54, 1.807) is 24.3 Å². The molecule has 1 aromatic carbocycles. The van der Waals surface area contributed by atoms with Gasteiger partial charge in [0.2, 0.25) is 0 Å². The zero-order valence-electron chi connectivity index (χ0n) is 8.11. The Kier molecular flexibility index (Phi) is 3.23. The lowest BCUT2D eigenvalue weighted by Crippen LogP contribution is -2.15. The Labute approximate surface area is 92.9 Å². The summed E-state index contributed by atoms with van der Waals surface area (Å²) in [6, 6.07) is 6.79. The van der Waals surface area contributed by atoms with Gasteiger partial charge in [-0.25, -0.2) is 0 Å². The molecule has 1 unspecified atom stereocenters. The van der Waals surface area contributed by atoms with E-state index in [1.807, 2.05) is 0 Å². The molecule has 1 aliphatic heterocycles. The topological polar surface area (TPSA) is 35.5 Å². The molecule has 1 heterocycles. The monoisotopic (exact) mass is 226 g/mol. The summed E-state index contributed by atoms with van der Waals surface area (Å²) in [5, 5.41) is -0.453. The average molecular weight is 227 g/mol. The molecule has 0 aromatic heterocycles. The molecule has 0 saturated carbocycles. The molecule has 15 heavy (non-hydrogen) atoms. The van der Waals surface area contributed by atoms with E-state index in [1.165, 1.54) is 0 Å². The number of halogens is 1. The summed E-state index contributed by atoms with van der Waals surface area (Å²) < 4.78 is 10.8. The van der Waals surface area contributed by atoms with Crippen LogP contribution in [0.3, 0.4) is 0 Å². The molecule has 0 amide bonds. The first-order valence-corrected chi connectivity index (χ1v) is 5.18. The molecular weight excluding hydrogens is 216 g/mol. The Balaban J connectivity index is 2.00. The normalized spacial score (nSPS) is 20.2. The first-order valence-electron chi connectivity index (χ1n) is 4.80. The number of carbonyl (C=O) groups excluding carboxylic acids is 1. The van der Waals surface area contributed by atoms with E-state index < -0.39 is 5.24 Å². The van der Waals surface area contributed by atoms with E-state index in [2.05, 4.69) is 0 Å². The molecule has 80 valence electrons. The summed E-state index contributed by atoms with van der Waals surface area (Å²) in [6.07, 6.45) is 1.04. The molecule has 0 spiro atoms. The number of hydrogen-bond acceptors (Lipinski definition) is 3. The highest BCUT2D eigenvalue weighted by molar-refractivity contribution is 6.67. The average Bonchev–Trinajstić information content (AvgIpc) is 2.71. The van der Waals surface area contributed by atoms with Crippen LogP contribution < -0.4 is 4.74 Å². The number of ether oxygens (including phenoxy) is 2. The maximum absolute atomic E-state index is 10.8. The van der Waals surface area contributed by atoms with Crippen molar-refractivity contribution in [3.8, 4) is 5.75 Å². The Morgan fingerprint density at radius 3 is 2.67 bits per heavy atom. The smallest absolute Gasteiger partial charge is 0.252 e. The molecule has 4 heteroatoms. The van der Waals surface area contributed by atoms with E-state index in [4.69, 9.17) is 21.1 Å². The highest BCUT2D eigenvalue weighted by Crippen LogP contribution is 2.18. The third-order valence-electron chi connectivity index (χ3n) is 2.27. The van der Waals surface area contributed by atoms with Crippen molar-refractivity contribution < 1.29 is 14.3 Å². The van der Waals surface area contributed by atoms with Gasteiger partial charge in [-0.1, -0.05) is 0 Å². The lowest BCUT2D eigenvalue weighted by molar-refractivity contribution is 0.108. The van der Waals surface area contributed by atoms with Crippen LogP contribution in [0.1, 0.15) is 16.8 Å². The summed E-state index contributed by atoms with van der Waals surface area (Å²) >= 11 is 5.33. The van der Waals surface area contributed by atoms with Crippen molar-refractivity contribution in [2.45, 2.75) is 12.5 Å². The Morgan fingerprint density at radius 2 is 2.13 bits per heavy atom. The molecule has 0 N–H and O–H groups in total. The number of benzene rings is 1. The van der Waals surface area contributed by atoms with Gasteiger partial charge in [0.25, 0.3) is 5.24 Å². The summed E-state index contributed by atoms with van der Waals surface area (Å²) in [7, 11) is 0. The van der Waals surface area contributed by atoms with Crippen molar-refractivity contribution in [2.75, 3.05) is 13.2 Å². The van der Waals surface area contributed by atoms with E-state index in [-0.39, 0.29) is 6.10 Å². The van der Waals surface area contributed by atoms with E-state index in [9.17, 15) is 4.79 Å². The molecule has 0 radical (unpaired) electrons. The summed E-state index contributed by atoms with van der Waals surface area (Å²) in [5.74, 6) is 0.743. The van der Waals surface area contributed by atoms with Crippen molar-refractivity contribution in [3.05, 3.63) is 29.8 Å². The van der Waals surface area contributed by atoms with Crippen LogP contribution in [0.25, 0.3) is 0 Å². The largest absolute Gasteiger partial charge is 0.488 e. The fourth-order valence-corrected chi connectivity index (χ4v) is 1.59. The molecule has 1 fully saturated rings. The standard InChI is InChI=1S/C11H11ClO3/c12-11(13)8-1-3-9(4-2-8)15-10-5-6-14-7-10/h1-4,10H,5-7H2. The lowest BCUT2D eigenvalue weighted by Gasteiger charge is -2.11. The van der Waals surface area contributed by atoms with Crippen LogP contribution in [-0.4, -0.2) is 24.6 Å². The van der Waals surface area contributed by atoms with Gasteiger partial charge in [0.15, 0.2) is 0 Å². The second kappa shape index (κ2) is 4.64. The van der Waals surface area contributed by atoms with Gasteiger partial charge >= 0.3 is 0 Å². The fourth-order valence-electron chi connectivity index (χ4n) is 1.46. The summed E-state index contributed by atoms with van der Waals surface area (Å²) in [5.41, 5.74) is 0.478. The second-order valence-corrected chi connectivity index (χ2v) is 3.74. The maximum Gasteiger partial charge on any atom is 0.252 e. The van der Waals surface area contributed by atoms with E-state index >= 15 is 0 Å². The van der Waals surface area contributed by atoms with Crippen LogP contribution in [0.15, 0.2) is 24.3 Å². The van der Waals surface area contributed by atoms with Gasteiger partial charge in [-0.2, -0.15) is 0 Å². The molecule has 1 saturated heterocycles. The number of rotatable bonds is 3. The van der Waals surface area contributed by atoms with Crippen LogP contribution >= 0.6 is 11.6 Å². The minimum absolute atomic E-state index is 0.127. The predicted octanol–water partition coefficient (Wildman–Crippen LogP) is 2.23. The van der Waals surface area contributed by atoms with Gasteiger partial charge in [-0.3, -0.25) is 4.79 Å². The van der Waals surface area contributed by atoms with E-state index in [0.29, 0.717) is 12.2 Å². The van der Waals surface area contributed by atoms with Crippen molar-refractivity contribution in [1.29, 1.82) is 0 Å². The predicted molar refractivity (Wildman–Crippen MR) is 56.5 cm³/mol. The van der Waals surface area contributed by atoms with E-state index in [0.717, 1.165) is 18.8 Å². The highest BCUT2D eigenvalue weighted by Gasteiger charge is 2.16. The maximum atomic E-state index is 10.8. The van der Waals surface area contributed by atoms with Crippen molar-refractivity contribution in [1.82, 2.24) is 0 Å². The molecule has 0 aliphatic carbocycles.